The molecule has 138 valence electrons. The molecule has 0 bridgehead atoms. The normalized spacial score (nSPS) is 11.4. The molecule has 0 atom stereocenters. The molecular formula is C20H24N2O3S. The van der Waals surface area contributed by atoms with Crippen LogP contribution in [0.1, 0.15) is 10.4 Å². The van der Waals surface area contributed by atoms with E-state index in [0.717, 1.165) is 27.9 Å². The van der Waals surface area contributed by atoms with Gasteiger partial charge in [-0.1, -0.05) is 6.07 Å². The van der Waals surface area contributed by atoms with E-state index in [0.29, 0.717) is 25.3 Å². The van der Waals surface area contributed by atoms with Gasteiger partial charge in [0, 0.05) is 29.9 Å². The third-order valence-electron chi connectivity index (χ3n) is 4.15. The Bertz CT molecular complexity index is 905. The Morgan fingerprint density at radius 2 is 2.00 bits per heavy atom. The standard InChI is InChI=1S/C20H24N2O3S/c1-21(2)10-11-25-20(23)19-16-8-7-15(24-12-13-26-3)14-18(16)22-9-5-4-6-17(19)22/h4-9,14H,10-13H2,1-3H3. The number of hydrogen-bond acceptors (Lipinski definition) is 5. The van der Waals surface area contributed by atoms with Crippen LogP contribution in [0, 0.1) is 0 Å². The Labute approximate surface area is 157 Å². The third-order valence-corrected chi connectivity index (χ3v) is 4.72. The van der Waals surface area contributed by atoms with Gasteiger partial charge in [0.2, 0.25) is 0 Å². The van der Waals surface area contributed by atoms with E-state index >= 15 is 0 Å². The zero-order valence-corrected chi connectivity index (χ0v) is 16.2. The average Bonchev–Trinajstić information content (AvgIpc) is 2.95. The summed E-state index contributed by atoms with van der Waals surface area (Å²) in [6.07, 6.45) is 4.02. The second-order valence-corrected chi connectivity index (χ2v) is 7.28. The van der Waals surface area contributed by atoms with E-state index in [1.165, 1.54) is 0 Å². The molecule has 0 N–H and O–H groups in total. The highest BCUT2D eigenvalue weighted by Gasteiger charge is 2.19. The van der Waals surface area contributed by atoms with Gasteiger partial charge in [-0.15, -0.1) is 0 Å². The predicted octanol–water partition coefficient (Wildman–Crippen LogP) is 3.55. The van der Waals surface area contributed by atoms with Gasteiger partial charge in [0.1, 0.15) is 12.4 Å². The molecule has 26 heavy (non-hydrogen) atoms. The Balaban J connectivity index is 1.97. The number of likely N-dealkylation sites (N-methyl/N-ethyl adjacent to an activating group) is 1. The topological polar surface area (TPSA) is 43.2 Å². The minimum atomic E-state index is -0.290. The monoisotopic (exact) mass is 372 g/mol. The largest absolute Gasteiger partial charge is 0.493 e. The first kappa shape index (κ1) is 18.6. The van der Waals surface area contributed by atoms with Crippen molar-refractivity contribution >= 4 is 34.2 Å². The van der Waals surface area contributed by atoms with E-state index in [1.54, 1.807) is 11.8 Å². The molecule has 1 aromatic carbocycles. The van der Waals surface area contributed by atoms with Gasteiger partial charge in [0.15, 0.2) is 0 Å². The lowest BCUT2D eigenvalue weighted by molar-refractivity contribution is 0.0486. The molecule has 3 rings (SSSR count). The molecule has 2 heterocycles. The average molecular weight is 372 g/mol. The number of esters is 1. The number of nitrogens with zero attached hydrogens (tertiary/aromatic N) is 2. The molecule has 0 aliphatic rings. The molecule has 0 saturated heterocycles. The molecule has 5 nitrogen and oxygen atoms in total. The van der Waals surface area contributed by atoms with Crippen LogP contribution in [-0.2, 0) is 4.74 Å². The van der Waals surface area contributed by atoms with E-state index < -0.39 is 0 Å². The van der Waals surface area contributed by atoms with E-state index in [4.69, 9.17) is 9.47 Å². The summed E-state index contributed by atoms with van der Waals surface area (Å²) in [6, 6.07) is 11.7. The molecule has 6 heteroatoms. The van der Waals surface area contributed by atoms with Crippen LogP contribution >= 0.6 is 11.8 Å². The smallest absolute Gasteiger partial charge is 0.341 e. The number of benzene rings is 1. The maximum absolute atomic E-state index is 12.7. The summed E-state index contributed by atoms with van der Waals surface area (Å²) in [5.41, 5.74) is 2.40. The van der Waals surface area contributed by atoms with Crippen LogP contribution in [0.15, 0.2) is 42.6 Å². The molecule has 0 fully saturated rings. The number of rotatable bonds is 8. The molecule has 0 saturated carbocycles. The van der Waals surface area contributed by atoms with Crippen LogP contribution < -0.4 is 4.74 Å². The molecule has 0 aliphatic carbocycles. The van der Waals surface area contributed by atoms with E-state index in [9.17, 15) is 4.79 Å². The van der Waals surface area contributed by atoms with Crippen molar-refractivity contribution in [1.29, 1.82) is 0 Å². The maximum Gasteiger partial charge on any atom is 0.341 e. The quantitative estimate of drug-likeness (QED) is 0.447. The Morgan fingerprint density at radius 1 is 1.15 bits per heavy atom. The van der Waals surface area contributed by atoms with Crippen LogP contribution in [0.3, 0.4) is 0 Å². The van der Waals surface area contributed by atoms with Gasteiger partial charge in [0.25, 0.3) is 0 Å². The molecule has 0 spiro atoms. The molecule has 0 radical (unpaired) electrons. The van der Waals surface area contributed by atoms with Crippen molar-refractivity contribution in [2.45, 2.75) is 0 Å². The summed E-state index contributed by atoms with van der Waals surface area (Å²) in [4.78, 5) is 14.7. The van der Waals surface area contributed by atoms with Crippen molar-refractivity contribution in [3.05, 3.63) is 48.2 Å². The van der Waals surface area contributed by atoms with E-state index in [2.05, 4.69) is 6.26 Å². The van der Waals surface area contributed by atoms with Gasteiger partial charge < -0.3 is 18.8 Å². The van der Waals surface area contributed by atoms with Crippen LogP contribution in [-0.4, -0.2) is 61.1 Å². The van der Waals surface area contributed by atoms with Crippen molar-refractivity contribution in [3.8, 4) is 5.75 Å². The molecule has 3 aromatic rings. The molecular weight excluding hydrogens is 348 g/mol. The van der Waals surface area contributed by atoms with Gasteiger partial charge in [-0.05, 0) is 44.6 Å². The van der Waals surface area contributed by atoms with Crippen molar-refractivity contribution in [2.24, 2.45) is 0 Å². The van der Waals surface area contributed by atoms with Gasteiger partial charge in [-0.2, -0.15) is 11.8 Å². The van der Waals surface area contributed by atoms with Gasteiger partial charge in [-0.3, -0.25) is 0 Å². The minimum Gasteiger partial charge on any atom is -0.493 e. The summed E-state index contributed by atoms with van der Waals surface area (Å²) in [6.45, 7) is 1.73. The van der Waals surface area contributed by atoms with E-state index in [-0.39, 0.29) is 5.97 Å². The summed E-state index contributed by atoms with van der Waals surface area (Å²) in [5.74, 6) is 1.46. The maximum atomic E-state index is 12.7. The number of carbonyl (C=O) groups is 1. The molecule has 0 amide bonds. The first-order valence-electron chi connectivity index (χ1n) is 8.58. The number of aromatic nitrogens is 1. The van der Waals surface area contributed by atoms with E-state index in [1.807, 2.05) is 66.0 Å². The fourth-order valence-electron chi connectivity index (χ4n) is 2.86. The number of thioether (sulfide) groups is 1. The summed E-state index contributed by atoms with van der Waals surface area (Å²) in [7, 11) is 3.91. The molecule has 0 unspecified atom stereocenters. The number of carbonyl (C=O) groups excluding carboxylic acids is 1. The lowest BCUT2D eigenvalue weighted by atomic mass is 10.1. The zero-order chi connectivity index (χ0) is 18.5. The lowest BCUT2D eigenvalue weighted by Gasteiger charge is -2.10. The van der Waals surface area contributed by atoms with Crippen molar-refractivity contribution in [3.63, 3.8) is 0 Å². The lowest BCUT2D eigenvalue weighted by Crippen LogP contribution is -2.20. The summed E-state index contributed by atoms with van der Waals surface area (Å²) < 4.78 is 13.3. The second kappa shape index (κ2) is 8.47. The first-order valence-corrected chi connectivity index (χ1v) is 9.97. The first-order chi connectivity index (χ1) is 12.6. The van der Waals surface area contributed by atoms with Crippen molar-refractivity contribution < 1.29 is 14.3 Å². The summed E-state index contributed by atoms with van der Waals surface area (Å²) >= 11 is 1.75. The van der Waals surface area contributed by atoms with Crippen molar-refractivity contribution in [2.75, 3.05) is 45.9 Å². The van der Waals surface area contributed by atoms with Gasteiger partial charge in [-0.25, -0.2) is 4.79 Å². The Morgan fingerprint density at radius 3 is 2.77 bits per heavy atom. The van der Waals surface area contributed by atoms with Crippen LogP contribution in [0.4, 0.5) is 0 Å². The number of pyridine rings is 1. The molecule has 2 aromatic heterocycles. The second-order valence-electron chi connectivity index (χ2n) is 6.29. The van der Waals surface area contributed by atoms with Crippen LogP contribution in [0.2, 0.25) is 0 Å². The third kappa shape index (κ3) is 3.97. The summed E-state index contributed by atoms with van der Waals surface area (Å²) in [5, 5.41) is 0.878. The fraction of sp³-hybridized carbons (Fsp3) is 0.350. The van der Waals surface area contributed by atoms with Gasteiger partial charge in [0.05, 0.1) is 23.2 Å². The number of ether oxygens (including phenoxy) is 2. The highest BCUT2D eigenvalue weighted by Crippen LogP contribution is 2.30. The number of fused-ring (bicyclic) bond motifs is 3. The minimum absolute atomic E-state index is 0.290. The number of hydrogen-bond donors (Lipinski definition) is 0. The van der Waals surface area contributed by atoms with Crippen LogP contribution in [0.5, 0.6) is 5.75 Å². The molecule has 0 aliphatic heterocycles. The van der Waals surface area contributed by atoms with Crippen molar-refractivity contribution in [1.82, 2.24) is 9.30 Å². The predicted molar refractivity (Wildman–Crippen MR) is 108 cm³/mol. The SMILES string of the molecule is CSCCOc1ccc2c(C(=O)OCCN(C)C)c3ccccn3c2c1. The highest BCUT2D eigenvalue weighted by atomic mass is 32.2. The fourth-order valence-corrected chi connectivity index (χ4v) is 3.11. The Kier molecular flexibility index (Phi) is 6.06. The zero-order valence-electron chi connectivity index (χ0n) is 15.4. The van der Waals surface area contributed by atoms with Gasteiger partial charge >= 0.3 is 5.97 Å². The highest BCUT2D eigenvalue weighted by molar-refractivity contribution is 7.98. The Hall–Kier alpha value is -2.18. The van der Waals surface area contributed by atoms with Crippen LogP contribution in [0.25, 0.3) is 16.4 Å².